The molecule has 3 N–H and O–H groups in total. The average molecular weight is 452 g/mol. The van der Waals surface area contributed by atoms with Gasteiger partial charge in [-0.3, -0.25) is 4.79 Å². The first-order valence-corrected chi connectivity index (χ1v) is 10.9. The molecule has 3 amide bonds. The first kappa shape index (κ1) is 24.2. The van der Waals surface area contributed by atoms with Crippen molar-refractivity contribution < 1.29 is 33.6 Å². The summed E-state index contributed by atoms with van der Waals surface area (Å²) in [6, 6.07) is 6.52. The van der Waals surface area contributed by atoms with E-state index in [4.69, 9.17) is 18.9 Å². The number of aliphatic hydroxyl groups excluding tert-OH is 1. The fourth-order valence-corrected chi connectivity index (χ4v) is 4.08. The minimum atomic E-state index is -0.802. The van der Waals surface area contributed by atoms with Crippen molar-refractivity contribution in [2.45, 2.75) is 43.6 Å². The Morgan fingerprint density at radius 3 is 2.81 bits per heavy atom. The number of aliphatic hydroxyl groups is 1. The smallest absolute Gasteiger partial charge is 0.322 e. The molecule has 1 aromatic carbocycles. The summed E-state index contributed by atoms with van der Waals surface area (Å²) >= 11 is 0. The molecule has 32 heavy (non-hydrogen) atoms. The first-order valence-electron chi connectivity index (χ1n) is 10.9. The maximum atomic E-state index is 13.2. The molecule has 2 aliphatic rings. The number of carbonyl (C=O) groups excluding carboxylic acids is 2. The highest BCUT2D eigenvalue weighted by molar-refractivity contribution is 5.91. The second kappa shape index (κ2) is 12.0. The molecule has 2 fully saturated rings. The van der Waals surface area contributed by atoms with Gasteiger partial charge < -0.3 is 39.6 Å². The topological polar surface area (TPSA) is 119 Å². The molecular weight excluding hydrogens is 418 g/mol. The van der Waals surface area contributed by atoms with E-state index in [1.165, 1.54) is 0 Å². The molecule has 2 saturated heterocycles. The summed E-state index contributed by atoms with van der Waals surface area (Å²) in [4.78, 5) is 26.9. The van der Waals surface area contributed by atoms with Crippen molar-refractivity contribution in [2.24, 2.45) is 0 Å². The van der Waals surface area contributed by atoms with Crippen molar-refractivity contribution in [3.63, 3.8) is 0 Å². The van der Waals surface area contributed by atoms with E-state index in [-0.39, 0.29) is 50.3 Å². The van der Waals surface area contributed by atoms with E-state index >= 15 is 0 Å². The van der Waals surface area contributed by atoms with Crippen LogP contribution in [0.1, 0.15) is 19.3 Å². The van der Waals surface area contributed by atoms with Crippen LogP contribution in [-0.2, 0) is 19.0 Å². The minimum Gasteiger partial charge on any atom is -0.495 e. The highest BCUT2D eigenvalue weighted by Gasteiger charge is 2.40. The van der Waals surface area contributed by atoms with Gasteiger partial charge in [-0.2, -0.15) is 0 Å². The number of carbonyl (C=O) groups is 2. The van der Waals surface area contributed by atoms with Crippen LogP contribution in [0.3, 0.4) is 0 Å². The van der Waals surface area contributed by atoms with Gasteiger partial charge in [-0.25, -0.2) is 4.79 Å². The summed E-state index contributed by atoms with van der Waals surface area (Å²) in [5.41, 5.74) is 0.548. The van der Waals surface area contributed by atoms with Gasteiger partial charge in [0.25, 0.3) is 0 Å². The van der Waals surface area contributed by atoms with Crippen molar-refractivity contribution in [1.82, 2.24) is 10.2 Å². The fourth-order valence-electron chi connectivity index (χ4n) is 4.08. The van der Waals surface area contributed by atoms with E-state index in [2.05, 4.69) is 10.6 Å². The zero-order valence-electron chi connectivity index (χ0n) is 18.6. The predicted molar refractivity (Wildman–Crippen MR) is 117 cm³/mol. The van der Waals surface area contributed by atoms with Crippen molar-refractivity contribution in [2.75, 3.05) is 52.4 Å². The third-order valence-electron chi connectivity index (χ3n) is 5.63. The van der Waals surface area contributed by atoms with Crippen LogP contribution >= 0.6 is 0 Å². The van der Waals surface area contributed by atoms with Crippen molar-refractivity contribution >= 4 is 17.6 Å². The van der Waals surface area contributed by atoms with Crippen LogP contribution in [0.4, 0.5) is 10.5 Å². The Balaban J connectivity index is 1.66. The summed E-state index contributed by atoms with van der Waals surface area (Å²) in [5, 5.41) is 16.0. The van der Waals surface area contributed by atoms with E-state index in [0.717, 1.165) is 0 Å². The van der Waals surface area contributed by atoms with E-state index < -0.39 is 12.2 Å². The molecule has 178 valence electrons. The monoisotopic (exact) mass is 451 g/mol. The molecular formula is C22H33N3O7. The maximum absolute atomic E-state index is 13.2. The second-order valence-electron chi connectivity index (χ2n) is 7.96. The molecule has 2 heterocycles. The van der Waals surface area contributed by atoms with Crippen LogP contribution in [-0.4, -0.2) is 93.4 Å². The van der Waals surface area contributed by atoms with Gasteiger partial charge in [-0.1, -0.05) is 12.1 Å². The third-order valence-corrected chi connectivity index (χ3v) is 5.63. The van der Waals surface area contributed by atoms with E-state index in [0.29, 0.717) is 37.4 Å². The molecule has 1 aromatic rings. The number of amides is 3. The van der Waals surface area contributed by atoms with Crippen LogP contribution in [0.2, 0.25) is 0 Å². The van der Waals surface area contributed by atoms with Gasteiger partial charge in [0.1, 0.15) is 11.9 Å². The number of hydrogen-bond acceptors (Lipinski definition) is 7. The van der Waals surface area contributed by atoms with Gasteiger partial charge in [-0.05, 0) is 25.0 Å². The van der Waals surface area contributed by atoms with Gasteiger partial charge in [0.05, 0.1) is 63.8 Å². The molecule has 0 spiro atoms. The number of urea groups is 1. The number of rotatable bonds is 7. The van der Waals surface area contributed by atoms with Gasteiger partial charge in [0.2, 0.25) is 5.91 Å². The average Bonchev–Trinajstić information content (AvgIpc) is 2.77. The Bertz CT molecular complexity index is 763. The number of ether oxygens (including phenoxy) is 4. The van der Waals surface area contributed by atoms with Crippen LogP contribution in [0.5, 0.6) is 5.75 Å². The van der Waals surface area contributed by atoms with Crippen molar-refractivity contribution in [1.29, 1.82) is 0 Å². The molecule has 10 nitrogen and oxygen atoms in total. The molecule has 0 radical (unpaired) electrons. The van der Waals surface area contributed by atoms with Crippen molar-refractivity contribution in [3.05, 3.63) is 24.3 Å². The predicted octanol–water partition coefficient (Wildman–Crippen LogP) is 0.989. The third kappa shape index (κ3) is 6.55. The summed E-state index contributed by atoms with van der Waals surface area (Å²) in [6.45, 7) is 1.36. The first-order chi connectivity index (χ1) is 15.5. The summed E-state index contributed by atoms with van der Waals surface area (Å²) < 4.78 is 22.0. The standard InChI is InChI=1S/C22H33N3O7/c1-29-10-9-23-21(27)11-16-7-8-18-20(32-16)14-31-13-15(26)12-25(18)22(28)24-17-5-3-4-6-19(17)30-2/h3-6,15-16,18,20,26H,7-14H2,1-2H3,(H,23,27)(H,24,28)/t15-,16+,18-,20+/m1/s1. The summed E-state index contributed by atoms with van der Waals surface area (Å²) in [5.74, 6) is 0.450. The molecule has 10 heteroatoms. The Hall–Kier alpha value is -2.40. The quantitative estimate of drug-likeness (QED) is 0.529. The molecule has 4 atom stereocenters. The molecule has 0 aromatic heterocycles. The number of methoxy groups -OCH3 is 2. The molecule has 0 aliphatic carbocycles. The van der Waals surface area contributed by atoms with Gasteiger partial charge in [-0.15, -0.1) is 0 Å². The van der Waals surface area contributed by atoms with Crippen LogP contribution in [0, 0.1) is 0 Å². The Morgan fingerprint density at radius 2 is 2.03 bits per heavy atom. The zero-order valence-corrected chi connectivity index (χ0v) is 18.6. The molecule has 3 rings (SSSR count). The molecule has 0 bridgehead atoms. The molecule has 2 aliphatic heterocycles. The highest BCUT2D eigenvalue weighted by Crippen LogP contribution is 2.29. The number of fused-ring (bicyclic) bond motifs is 1. The summed E-state index contributed by atoms with van der Waals surface area (Å²) in [6.07, 6.45) is 0.0397. The SMILES string of the molecule is COCCNC(=O)C[C@@H]1CC[C@@H]2[C@H](COC[C@H](O)CN2C(=O)Nc2ccccc2OC)O1. The number of anilines is 1. The Labute approximate surface area is 188 Å². The lowest BCUT2D eigenvalue weighted by Crippen LogP contribution is -2.58. The number of nitrogens with one attached hydrogen (secondary N) is 2. The van der Waals surface area contributed by atoms with E-state index in [9.17, 15) is 14.7 Å². The lowest BCUT2D eigenvalue weighted by atomic mass is 9.95. The van der Waals surface area contributed by atoms with Crippen LogP contribution < -0.4 is 15.4 Å². The van der Waals surface area contributed by atoms with Gasteiger partial charge in [0, 0.05) is 13.7 Å². The lowest BCUT2D eigenvalue weighted by Gasteiger charge is -2.44. The van der Waals surface area contributed by atoms with Gasteiger partial charge >= 0.3 is 6.03 Å². The molecule has 0 saturated carbocycles. The highest BCUT2D eigenvalue weighted by atomic mass is 16.5. The summed E-state index contributed by atoms with van der Waals surface area (Å²) in [7, 11) is 3.12. The zero-order chi connectivity index (χ0) is 22.9. The molecule has 0 unspecified atom stereocenters. The van der Waals surface area contributed by atoms with Crippen LogP contribution in [0.25, 0.3) is 0 Å². The Kier molecular flexibility index (Phi) is 9.10. The maximum Gasteiger partial charge on any atom is 0.322 e. The number of para-hydroxylation sites is 2. The second-order valence-corrected chi connectivity index (χ2v) is 7.96. The van der Waals surface area contributed by atoms with Gasteiger partial charge in [0.15, 0.2) is 0 Å². The van der Waals surface area contributed by atoms with E-state index in [1.54, 1.807) is 31.3 Å². The van der Waals surface area contributed by atoms with Crippen LogP contribution in [0.15, 0.2) is 24.3 Å². The number of benzene rings is 1. The normalized spacial score (nSPS) is 25.8. The number of β-amino-alcohol motifs (C(OH)–C–C–N with tert-alkyl or cyclic N) is 1. The number of hydrogen-bond donors (Lipinski definition) is 3. The Morgan fingerprint density at radius 1 is 1.22 bits per heavy atom. The minimum absolute atomic E-state index is 0.0987. The fraction of sp³-hybridized carbons (Fsp3) is 0.636. The largest absolute Gasteiger partial charge is 0.495 e. The number of nitrogens with zero attached hydrogens (tertiary/aromatic N) is 1. The van der Waals surface area contributed by atoms with Crippen molar-refractivity contribution in [3.8, 4) is 5.75 Å². The van der Waals surface area contributed by atoms with E-state index in [1.807, 2.05) is 12.1 Å². The lowest BCUT2D eigenvalue weighted by molar-refractivity contribution is -0.149.